The fraction of sp³-hybridized carbons (Fsp3) is 0.200. The lowest BCUT2D eigenvalue weighted by atomic mass is 10.7. The Hall–Kier alpha value is -0.920. The second kappa shape index (κ2) is 5.08. The Morgan fingerprint density at radius 3 is 2.57 bits per heavy atom. The van der Waals surface area contributed by atoms with E-state index in [-0.39, 0.29) is 0 Å². The van der Waals surface area contributed by atoms with Crippen LogP contribution in [0.4, 0.5) is 0 Å². The minimum absolute atomic E-state index is 1.33. The average molecular weight is 99.1 g/mol. The Balaban J connectivity index is 2.98. The summed E-state index contributed by atoms with van der Waals surface area (Å²) >= 11 is 0. The second-order valence-corrected chi connectivity index (χ2v) is 0.934. The van der Waals surface area contributed by atoms with Crippen molar-refractivity contribution in [2.75, 3.05) is 0 Å². The number of ether oxygens (including phenoxy) is 1. The first-order valence-electron chi connectivity index (χ1n) is 2.05. The zero-order chi connectivity index (χ0) is 5.54. The molecule has 0 fully saturated rings. The lowest BCUT2D eigenvalue weighted by Gasteiger charge is -1.82. The Morgan fingerprint density at radius 1 is 1.43 bits per heavy atom. The van der Waals surface area contributed by atoms with Crippen molar-refractivity contribution in [2.24, 2.45) is 5.73 Å². The van der Waals surface area contributed by atoms with Crippen molar-refractivity contribution < 1.29 is 4.74 Å². The van der Waals surface area contributed by atoms with Crippen molar-refractivity contribution in [2.45, 2.75) is 6.92 Å². The highest BCUT2D eigenvalue weighted by Gasteiger charge is 1.57. The van der Waals surface area contributed by atoms with Crippen molar-refractivity contribution in [1.82, 2.24) is 0 Å². The Morgan fingerprint density at radius 2 is 2.14 bits per heavy atom. The van der Waals surface area contributed by atoms with Gasteiger partial charge in [-0.1, -0.05) is 6.08 Å². The fourth-order valence-corrected chi connectivity index (χ4v) is 0.169. The van der Waals surface area contributed by atoms with E-state index in [1.807, 2.05) is 6.92 Å². The van der Waals surface area contributed by atoms with E-state index in [9.17, 15) is 0 Å². The van der Waals surface area contributed by atoms with Gasteiger partial charge in [0.2, 0.25) is 0 Å². The Bertz CT molecular complexity index is 66.1. The first kappa shape index (κ1) is 6.08. The summed E-state index contributed by atoms with van der Waals surface area (Å²) in [6, 6.07) is 0. The van der Waals surface area contributed by atoms with Crippen LogP contribution in [-0.4, -0.2) is 0 Å². The van der Waals surface area contributed by atoms with Gasteiger partial charge in [0.15, 0.2) is 0 Å². The third-order valence-electron chi connectivity index (χ3n) is 0.372. The molecular formula is C5H9NO. The molecule has 2 heteroatoms. The largest absolute Gasteiger partial charge is 0.471 e. The van der Waals surface area contributed by atoms with Gasteiger partial charge in [-0.15, -0.1) is 0 Å². The van der Waals surface area contributed by atoms with Crippen LogP contribution in [0.15, 0.2) is 24.8 Å². The van der Waals surface area contributed by atoms with E-state index >= 15 is 0 Å². The van der Waals surface area contributed by atoms with Gasteiger partial charge in [0.1, 0.15) is 6.26 Å². The molecule has 0 unspecified atom stereocenters. The van der Waals surface area contributed by atoms with E-state index in [0.29, 0.717) is 0 Å². The van der Waals surface area contributed by atoms with Crippen LogP contribution < -0.4 is 5.73 Å². The zero-order valence-electron chi connectivity index (χ0n) is 4.29. The van der Waals surface area contributed by atoms with Gasteiger partial charge >= 0.3 is 0 Å². The number of hydrogen-bond donors (Lipinski definition) is 1. The molecule has 0 amide bonds. The molecule has 0 radical (unpaired) electrons. The predicted molar refractivity (Wildman–Crippen MR) is 29.2 cm³/mol. The molecule has 0 aliphatic carbocycles. The van der Waals surface area contributed by atoms with Crippen LogP contribution in [0.3, 0.4) is 0 Å². The molecule has 0 aromatic rings. The lowest BCUT2D eigenvalue weighted by molar-refractivity contribution is 0.401. The standard InChI is InChI=1S/C5H9NO/c1-2-4-7-5-3-6/h2-5H,6H2,1H3/b4-2+,5-3-. The second-order valence-electron chi connectivity index (χ2n) is 0.934. The van der Waals surface area contributed by atoms with Gasteiger partial charge in [-0.25, -0.2) is 0 Å². The van der Waals surface area contributed by atoms with E-state index in [4.69, 9.17) is 5.73 Å². The quantitative estimate of drug-likeness (QED) is 0.523. The maximum Gasteiger partial charge on any atom is 0.106 e. The topological polar surface area (TPSA) is 35.2 Å². The average Bonchev–Trinajstić information content (AvgIpc) is 1.69. The number of rotatable bonds is 2. The van der Waals surface area contributed by atoms with Crippen LogP contribution in [0.2, 0.25) is 0 Å². The summed E-state index contributed by atoms with van der Waals surface area (Å²) in [6.07, 6.45) is 6.06. The summed E-state index contributed by atoms with van der Waals surface area (Å²) in [7, 11) is 0. The molecule has 0 atom stereocenters. The highest BCUT2D eigenvalue weighted by atomic mass is 16.5. The van der Waals surface area contributed by atoms with Crippen molar-refractivity contribution in [3.05, 3.63) is 24.8 Å². The first-order valence-corrected chi connectivity index (χ1v) is 2.05. The molecule has 0 aliphatic heterocycles. The van der Waals surface area contributed by atoms with Crippen molar-refractivity contribution >= 4 is 0 Å². The van der Waals surface area contributed by atoms with Crippen LogP contribution in [-0.2, 0) is 4.74 Å². The van der Waals surface area contributed by atoms with Gasteiger partial charge in [-0.3, -0.25) is 0 Å². The van der Waals surface area contributed by atoms with Crippen LogP contribution in [0, 0.1) is 0 Å². The summed E-state index contributed by atoms with van der Waals surface area (Å²) in [4.78, 5) is 0. The van der Waals surface area contributed by atoms with Gasteiger partial charge in [-0.2, -0.15) is 0 Å². The van der Waals surface area contributed by atoms with E-state index in [1.165, 1.54) is 12.5 Å². The van der Waals surface area contributed by atoms with Crippen LogP contribution in [0.1, 0.15) is 6.92 Å². The van der Waals surface area contributed by atoms with Gasteiger partial charge in [-0.05, 0) is 6.92 Å². The minimum atomic E-state index is 1.33. The first-order chi connectivity index (χ1) is 3.41. The molecule has 0 aliphatic rings. The molecule has 2 nitrogen and oxygen atoms in total. The van der Waals surface area contributed by atoms with E-state index < -0.39 is 0 Å². The molecule has 0 heterocycles. The third kappa shape index (κ3) is 5.08. The summed E-state index contributed by atoms with van der Waals surface area (Å²) in [5.74, 6) is 0. The van der Waals surface area contributed by atoms with Crippen molar-refractivity contribution in [3.8, 4) is 0 Å². The number of hydrogen-bond acceptors (Lipinski definition) is 2. The number of nitrogens with two attached hydrogens (primary N) is 1. The maximum absolute atomic E-state index is 4.93. The van der Waals surface area contributed by atoms with Crippen molar-refractivity contribution in [3.63, 3.8) is 0 Å². The maximum atomic E-state index is 4.93. The smallest absolute Gasteiger partial charge is 0.106 e. The molecule has 0 bridgehead atoms. The molecule has 40 valence electrons. The zero-order valence-corrected chi connectivity index (χ0v) is 4.29. The van der Waals surface area contributed by atoms with E-state index in [0.717, 1.165) is 0 Å². The van der Waals surface area contributed by atoms with Crippen LogP contribution in [0.5, 0.6) is 0 Å². The Kier molecular flexibility index (Phi) is 4.41. The molecular weight excluding hydrogens is 90.1 g/mol. The van der Waals surface area contributed by atoms with Gasteiger partial charge in [0.25, 0.3) is 0 Å². The Labute approximate surface area is 43.3 Å². The molecule has 7 heavy (non-hydrogen) atoms. The van der Waals surface area contributed by atoms with E-state index in [1.54, 1.807) is 12.3 Å². The normalized spacial score (nSPS) is 11.0. The fourth-order valence-electron chi connectivity index (χ4n) is 0.169. The summed E-state index contributed by atoms with van der Waals surface area (Å²) in [5, 5.41) is 0. The highest BCUT2D eigenvalue weighted by Crippen LogP contribution is 1.74. The summed E-state index contributed by atoms with van der Waals surface area (Å²) in [5.41, 5.74) is 4.93. The van der Waals surface area contributed by atoms with E-state index in [2.05, 4.69) is 4.74 Å². The molecule has 0 aromatic carbocycles. The highest BCUT2D eigenvalue weighted by molar-refractivity contribution is 4.72. The van der Waals surface area contributed by atoms with Gasteiger partial charge in [0.05, 0.1) is 6.26 Å². The molecule has 2 N–H and O–H groups in total. The molecule has 0 saturated carbocycles. The van der Waals surface area contributed by atoms with Crippen LogP contribution >= 0.6 is 0 Å². The van der Waals surface area contributed by atoms with Crippen molar-refractivity contribution in [1.29, 1.82) is 0 Å². The number of allylic oxidation sites excluding steroid dienone is 1. The van der Waals surface area contributed by atoms with Gasteiger partial charge in [0, 0.05) is 6.20 Å². The molecule has 0 rings (SSSR count). The minimum Gasteiger partial charge on any atom is -0.471 e. The third-order valence-corrected chi connectivity index (χ3v) is 0.372. The monoisotopic (exact) mass is 99.1 g/mol. The summed E-state index contributed by atoms with van der Waals surface area (Å²) < 4.78 is 4.65. The van der Waals surface area contributed by atoms with Gasteiger partial charge < -0.3 is 10.5 Å². The molecule has 0 aromatic heterocycles. The lowest BCUT2D eigenvalue weighted by Crippen LogP contribution is -1.75. The SMILES string of the molecule is C/C=C/O/C=C\N. The van der Waals surface area contributed by atoms with Crippen LogP contribution in [0.25, 0.3) is 0 Å². The predicted octanol–water partition coefficient (Wildman–Crippen LogP) is 0.967. The molecule has 0 spiro atoms. The molecule has 0 saturated heterocycles. The summed E-state index contributed by atoms with van der Waals surface area (Å²) in [6.45, 7) is 1.87.